The lowest BCUT2D eigenvalue weighted by molar-refractivity contribution is 0.180. The lowest BCUT2D eigenvalue weighted by Crippen LogP contribution is -2.35. The van der Waals surface area contributed by atoms with Gasteiger partial charge in [-0.1, -0.05) is 6.92 Å². The standard InChI is InChI=1S/C13H25N3O3S/c1-5-6-14-8-12-7-13(9-16(12)3)20(17,18)15-11(2)10-19-4/h7,9,11,14-15H,5-6,8,10H2,1-4H3. The lowest BCUT2D eigenvalue weighted by Gasteiger charge is -2.11. The number of nitrogens with zero attached hydrogens (tertiary/aromatic N) is 1. The second kappa shape index (κ2) is 7.78. The molecule has 0 amide bonds. The highest BCUT2D eigenvalue weighted by Crippen LogP contribution is 2.13. The van der Waals surface area contributed by atoms with E-state index in [4.69, 9.17) is 4.74 Å². The van der Waals surface area contributed by atoms with Crippen LogP contribution in [0.3, 0.4) is 0 Å². The number of hydrogen-bond donors (Lipinski definition) is 2. The minimum absolute atomic E-state index is 0.258. The highest BCUT2D eigenvalue weighted by molar-refractivity contribution is 7.89. The van der Waals surface area contributed by atoms with Crippen molar-refractivity contribution in [1.82, 2.24) is 14.6 Å². The van der Waals surface area contributed by atoms with E-state index in [1.54, 1.807) is 26.3 Å². The summed E-state index contributed by atoms with van der Waals surface area (Å²) in [6.45, 7) is 5.78. The van der Waals surface area contributed by atoms with Crippen molar-refractivity contribution in [3.8, 4) is 0 Å². The van der Waals surface area contributed by atoms with Crippen molar-refractivity contribution in [2.24, 2.45) is 7.05 Å². The molecule has 20 heavy (non-hydrogen) atoms. The molecule has 1 heterocycles. The van der Waals surface area contributed by atoms with Gasteiger partial charge in [0.1, 0.15) is 0 Å². The van der Waals surface area contributed by atoms with Crippen molar-refractivity contribution in [3.63, 3.8) is 0 Å². The number of rotatable bonds is 9. The third kappa shape index (κ3) is 4.90. The van der Waals surface area contributed by atoms with Gasteiger partial charge in [-0.3, -0.25) is 0 Å². The summed E-state index contributed by atoms with van der Waals surface area (Å²) in [5.74, 6) is 0. The molecule has 0 aliphatic heterocycles. The monoisotopic (exact) mass is 303 g/mol. The molecule has 0 fully saturated rings. The largest absolute Gasteiger partial charge is 0.383 e. The van der Waals surface area contributed by atoms with Crippen LogP contribution in [0.1, 0.15) is 26.0 Å². The number of sulfonamides is 1. The van der Waals surface area contributed by atoms with E-state index >= 15 is 0 Å². The van der Waals surface area contributed by atoms with Gasteiger partial charge in [-0.05, 0) is 26.0 Å². The van der Waals surface area contributed by atoms with E-state index in [-0.39, 0.29) is 10.9 Å². The minimum Gasteiger partial charge on any atom is -0.383 e. The number of hydrogen-bond acceptors (Lipinski definition) is 4. The van der Waals surface area contributed by atoms with Gasteiger partial charge in [0, 0.05) is 38.6 Å². The topological polar surface area (TPSA) is 72.4 Å². The van der Waals surface area contributed by atoms with Crippen molar-refractivity contribution in [1.29, 1.82) is 0 Å². The maximum atomic E-state index is 12.2. The Morgan fingerprint density at radius 3 is 2.75 bits per heavy atom. The number of methoxy groups -OCH3 is 1. The summed E-state index contributed by atoms with van der Waals surface area (Å²) in [5.41, 5.74) is 0.943. The first kappa shape index (κ1) is 17.2. The highest BCUT2D eigenvalue weighted by Gasteiger charge is 2.19. The van der Waals surface area contributed by atoms with Crippen LogP contribution in [-0.4, -0.2) is 39.3 Å². The predicted octanol–water partition coefficient (Wildman–Crippen LogP) is 0.838. The van der Waals surface area contributed by atoms with Crippen LogP contribution in [0.5, 0.6) is 0 Å². The van der Waals surface area contributed by atoms with Crippen LogP contribution in [0.25, 0.3) is 0 Å². The zero-order valence-corrected chi connectivity index (χ0v) is 13.5. The fourth-order valence-electron chi connectivity index (χ4n) is 1.91. The summed E-state index contributed by atoms with van der Waals surface area (Å²) < 4.78 is 33.8. The molecule has 6 nitrogen and oxygen atoms in total. The average Bonchev–Trinajstić information content (AvgIpc) is 2.72. The van der Waals surface area contributed by atoms with Crippen LogP contribution in [0.2, 0.25) is 0 Å². The van der Waals surface area contributed by atoms with Gasteiger partial charge in [0.25, 0.3) is 0 Å². The van der Waals surface area contributed by atoms with Gasteiger partial charge in [0.15, 0.2) is 0 Å². The third-order valence-electron chi connectivity index (χ3n) is 2.90. The van der Waals surface area contributed by atoms with Gasteiger partial charge in [0.05, 0.1) is 11.5 Å². The fourth-order valence-corrected chi connectivity index (χ4v) is 3.23. The third-order valence-corrected chi connectivity index (χ3v) is 4.46. The van der Waals surface area contributed by atoms with Crippen LogP contribution in [0, 0.1) is 0 Å². The molecule has 0 bridgehead atoms. The predicted molar refractivity (Wildman–Crippen MR) is 79.1 cm³/mol. The van der Waals surface area contributed by atoms with Gasteiger partial charge in [0.2, 0.25) is 10.0 Å². The summed E-state index contributed by atoms with van der Waals surface area (Å²) in [5, 5.41) is 3.26. The van der Waals surface area contributed by atoms with Crippen LogP contribution in [-0.2, 0) is 28.4 Å². The number of aryl methyl sites for hydroxylation is 1. The Bertz CT molecular complexity index is 511. The van der Waals surface area contributed by atoms with Crippen molar-refractivity contribution in [2.45, 2.75) is 37.8 Å². The molecule has 1 unspecified atom stereocenters. The average molecular weight is 303 g/mol. The molecular weight excluding hydrogens is 278 g/mol. The lowest BCUT2D eigenvalue weighted by atomic mass is 10.4. The van der Waals surface area contributed by atoms with Gasteiger partial charge >= 0.3 is 0 Å². The van der Waals surface area contributed by atoms with E-state index in [0.717, 1.165) is 18.7 Å². The highest BCUT2D eigenvalue weighted by atomic mass is 32.2. The molecule has 1 aromatic rings. The van der Waals surface area contributed by atoms with Gasteiger partial charge in [-0.15, -0.1) is 0 Å². The van der Waals surface area contributed by atoms with Crippen LogP contribution in [0.4, 0.5) is 0 Å². The molecule has 0 aliphatic rings. The zero-order chi connectivity index (χ0) is 15.2. The molecular formula is C13H25N3O3S. The quantitative estimate of drug-likeness (QED) is 0.663. The molecule has 0 saturated heterocycles. The van der Waals surface area contributed by atoms with Crippen molar-refractivity contribution in [3.05, 3.63) is 18.0 Å². The number of nitrogens with one attached hydrogen (secondary N) is 2. The molecule has 116 valence electrons. The maximum absolute atomic E-state index is 12.2. The molecule has 1 aromatic heterocycles. The normalized spacial score (nSPS) is 13.6. The van der Waals surface area contributed by atoms with E-state index in [1.807, 2.05) is 11.6 Å². The fraction of sp³-hybridized carbons (Fsp3) is 0.692. The first-order valence-corrected chi connectivity index (χ1v) is 8.26. The molecule has 0 aliphatic carbocycles. The summed E-state index contributed by atoms with van der Waals surface area (Å²) in [7, 11) is -0.0984. The molecule has 0 aromatic carbocycles. The molecule has 0 spiro atoms. The van der Waals surface area contributed by atoms with Crippen LogP contribution in [0.15, 0.2) is 17.2 Å². The second-order valence-electron chi connectivity index (χ2n) is 4.93. The van der Waals surface area contributed by atoms with Crippen molar-refractivity contribution >= 4 is 10.0 Å². The molecule has 1 rings (SSSR count). The number of ether oxygens (including phenoxy) is 1. The Balaban J connectivity index is 2.78. The molecule has 0 radical (unpaired) electrons. The maximum Gasteiger partial charge on any atom is 0.242 e. The van der Waals surface area contributed by atoms with Crippen molar-refractivity contribution in [2.75, 3.05) is 20.3 Å². The Morgan fingerprint density at radius 2 is 2.15 bits per heavy atom. The molecule has 0 saturated carbocycles. The molecule has 2 N–H and O–H groups in total. The van der Waals surface area contributed by atoms with E-state index < -0.39 is 10.0 Å². The minimum atomic E-state index is -3.49. The Morgan fingerprint density at radius 1 is 1.45 bits per heavy atom. The molecule has 7 heteroatoms. The smallest absolute Gasteiger partial charge is 0.242 e. The Hall–Kier alpha value is -0.890. The van der Waals surface area contributed by atoms with Crippen LogP contribution >= 0.6 is 0 Å². The summed E-state index contributed by atoms with van der Waals surface area (Å²) in [6, 6.07) is 1.44. The summed E-state index contributed by atoms with van der Waals surface area (Å²) in [4.78, 5) is 0.288. The van der Waals surface area contributed by atoms with E-state index in [2.05, 4.69) is 17.0 Å². The van der Waals surface area contributed by atoms with Gasteiger partial charge in [-0.25, -0.2) is 13.1 Å². The van der Waals surface area contributed by atoms with E-state index in [0.29, 0.717) is 13.2 Å². The van der Waals surface area contributed by atoms with Gasteiger partial charge in [-0.2, -0.15) is 0 Å². The number of aromatic nitrogens is 1. The first-order valence-electron chi connectivity index (χ1n) is 6.78. The van der Waals surface area contributed by atoms with Crippen molar-refractivity contribution < 1.29 is 13.2 Å². The van der Waals surface area contributed by atoms with Gasteiger partial charge < -0.3 is 14.6 Å². The Kier molecular flexibility index (Phi) is 6.67. The first-order chi connectivity index (χ1) is 9.40. The molecule has 1 atom stereocenters. The summed E-state index contributed by atoms with van der Waals surface area (Å²) in [6.07, 6.45) is 2.68. The zero-order valence-electron chi connectivity index (χ0n) is 12.6. The van der Waals surface area contributed by atoms with E-state index in [1.165, 1.54) is 0 Å². The summed E-state index contributed by atoms with van der Waals surface area (Å²) >= 11 is 0. The van der Waals surface area contributed by atoms with Crippen LogP contribution < -0.4 is 10.0 Å². The van der Waals surface area contributed by atoms with E-state index in [9.17, 15) is 8.42 Å². The SMILES string of the molecule is CCCNCc1cc(S(=O)(=O)NC(C)COC)cn1C. The second-order valence-corrected chi connectivity index (χ2v) is 6.65. The Labute approximate surface area is 121 Å².